The highest BCUT2D eigenvalue weighted by atomic mass is 35.5. The van der Waals surface area contributed by atoms with Crippen molar-refractivity contribution in [1.82, 2.24) is 0 Å². The van der Waals surface area contributed by atoms with Crippen LogP contribution in [0.15, 0.2) is 36.4 Å². The van der Waals surface area contributed by atoms with Gasteiger partial charge in [-0.15, -0.1) is 0 Å². The minimum atomic E-state index is -0.451. The monoisotopic (exact) mass is 314 g/mol. The number of carbonyl (C=O) groups excluding carboxylic acids is 1. The normalized spacial score (nSPS) is 17.5. The minimum absolute atomic E-state index is 0.0292. The number of anilines is 1. The molecule has 0 aromatic heterocycles. The Kier molecular flexibility index (Phi) is 3.94. The first-order valence-corrected chi connectivity index (χ1v) is 7.74. The average molecular weight is 315 g/mol. The lowest BCUT2D eigenvalue weighted by Gasteiger charge is -2.32. The average Bonchev–Trinajstić information content (AvgIpc) is 2.50. The molecule has 0 unspecified atom stereocenters. The lowest BCUT2D eigenvalue weighted by atomic mass is 9.89. The topological polar surface area (TPSA) is 46.3 Å². The number of halogens is 1. The molecule has 1 aliphatic rings. The zero-order valence-corrected chi connectivity index (χ0v) is 13.5. The number of hydrogen-bond donors (Lipinski definition) is 1. The first-order valence-electron chi connectivity index (χ1n) is 7.37. The zero-order chi connectivity index (χ0) is 15.9. The summed E-state index contributed by atoms with van der Waals surface area (Å²) in [7, 11) is 1.80. The third-order valence-electron chi connectivity index (χ3n) is 4.35. The van der Waals surface area contributed by atoms with Crippen molar-refractivity contribution >= 4 is 23.2 Å². The highest BCUT2D eigenvalue weighted by Crippen LogP contribution is 2.34. The molecule has 1 heterocycles. The largest absolute Gasteiger partial charge is 0.320 e. The van der Waals surface area contributed by atoms with Crippen LogP contribution in [-0.4, -0.2) is 19.0 Å². The highest BCUT2D eigenvalue weighted by molar-refractivity contribution is 6.31. The summed E-state index contributed by atoms with van der Waals surface area (Å²) >= 11 is 6.30. The Morgan fingerprint density at radius 1 is 1.27 bits per heavy atom. The Morgan fingerprint density at radius 3 is 2.73 bits per heavy atom. The van der Waals surface area contributed by atoms with Crippen LogP contribution < -0.4 is 10.6 Å². The fourth-order valence-electron chi connectivity index (χ4n) is 3.11. The van der Waals surface area contributed by atoms with Crippen LogP contribution in [0.25, 0.3) is 0 Å². The van der Waals surface area contributed by atoms with Gasteiger partial charge in [-0.25, -0.2) is 0 Å². The van der Waals surface area contributed by atoms with E-state index in [-0.39, 0.29) is 5.91 Å². The summed E-state index contributed by atoms with van der Waals surface area (Å²) in [5.41, 5.74) is 11.4. The predicted octanol–water partition coefficient (Wildman–Crippen LogP) is 3.09. The maximum Gasteiger partial charge on any atom is 0.243 e. The molecule has 0 radical (unpaired) electrons. The quantitative estimate of drug-likeness (QED) is 0.926. The molecule has 3 rings (SSSR count). The van der Waals surface area contributed by atoms with Gasteiger partial charge in [-0.1, -0.05) is 41.9 Å². The molecule has 4 heteroatoms. The fourth-order valence-corrected chi connectivity index (χ4v) is 3.31. The molecule has 0 bridgehead atoms. The molecule has 0 fully saturated rings. The van der Waals surface area contributed by atoms with E-state index >= 15 is 0 Å². The molecule has 0 saturated heterocycles. The van der Waals surface area contributed by atoms with Gasteiger partial charge in [0.25, 0.3) is 0 Å². The third kappa shape index (κ3) is 2.51. The molecule has 114 valence electrons. The molecule has 2 aromatic rings. The van der Waals surface area contributed by atoms with Crippen molar-refractivity contribution in [1.29, 1.82) is 0 Å². The van der Waals surface area contributed by atoms with Crippen molar-refractivity contribution < 1.29 is 4.79 Å². The van der Waals surface area contributed by atoms with Crippen LogP contribution in [0.1, 0.15) is 22.3 Å². The molecule has 1 aliphatic heterocycles. The third-order valence-corrected chi connectivity index (χ3v) is 4.72. The van der Waals surface area contributed by atoms with E-state index in [2.05, 4.69) is 19.1 Å². The number of amides is 1. The summed E-state index contributed by atoms with van der Waals surface area (Å²) in [5, 5.41) is 0.751. The van der Waals surface area contributed by atoms with Gasteiger partial charge in [0.15, 0.2) is 0 Å². The van der Waals surface area contributed by atoms with E-state index in [4.69, 9.17) is 17.3 Å². The van der Waals surface area contributed by atoms with Gasteiger partial charge in [-0.3, -0.25) is 4.79 Å². The predicted molar refractivity (Wildman–Crippen MR) is 90.5 cm³/mol. The Labute approximate surface area is 135 Å². The summed E-state index contributed by atoms with van der Waals surface area (Å²) in [6.45, 7) is 2.07. The van der Waals surface area contributed by atoms with E-state index in [1.54, 1.807) is 11.9 Å². The van der Waals surface area contributed by atoms with Gasteiger partial charge in [0.2, 0.25) is 5.91 Å². The molecule has 0 saturated carbocycles. The molecular formula is C18H19ClN2O. The van der Waals surface area contributed by atoms with Crippen molar-refractivity contribution in [3.8, 4) is 0 Å². The van der Waals surface area contributed by atoms with Gasteiger partial charge in [-0.05, 0) is 41.7 Å². The summed E-state index contributed by atoms with van der Waals surface area (Å²) in [6.07, 6.45) is 1.30. The lowest BCUT2D eigenvalue weighted by molar-refractivity contribution is -0.119. The molecule has 2 aromatic carbocycles. The van der Waals surface area contributed by atoms with Gasteiger partial charge in [0.05, 0.1) is 11.7 Å². The van der Waals surface area contributed by atoms with E-state index in [0.717, 1.165) is 33.0 Å². The van der Waals surface area contributed by atoms with Crippen LogP contribution in [0.3, 0.4) is 0 Å². The number of fused-ring (bicyclic) bond motifs is 1. The van der Waals surface area contributed by atoms with E-state index in [9.17, 15) is 4.79 Å². The fraction of sp³-hybridized carbons (Fsp3) is 0.278. The Bertz CT molecular complexity index is 742. The number of likely N-dealkylation sites (N-methyl/N-ethyl adjacent to an activating group) is 1. The minimum Gasteiger partial charge on any atom is -0.320 e. The Balaban J connectivity index is 2.11. The van der Waals surface area contributed by atoms with Crippen LogP contribution in [0.5, 0.6) is 0 Å². The van der Waals surface area contributed by atoms with E-state index in [1.807, 2.05) is 24.3 Å². The second kappa shape index (κ2) is 5.75. The first-order chi connectivity index (χ1) is 10.5. The highest BCUT2D eigenvalue weighted by Gasteiger charge is 2.30. The van der Waals surface area contributed by atoms with Crippen molar-refractivity contribution in [2.45, 2.75) is 25.8 Å². The van der Waals surface area contributed by atoms with Crippen molar-refractivity contribution in [3.63, 3.8) is 0 Å². The molecule has 0 aliphatic carbocycles. The molecule has 2 N–H and O–H groups in total. The maximum absolute atomic E-state index is 12.2. The summed E-state index contributed by atoms with van der Waals surface area (Å²) in [5.74, 6) is -0.0292. The van der Waals surface area contributed by atoms with Crippen LogP contribution >= 0.6 is 11.6 Å². The van der Waals surface area contributed by atoms with Gasteiger partial charge < -0.3 is 10.6 Å². The smallest absolute Gasteiger partial charge is 0.243 e. The number of hydrogen-bond acceptors (Lipinski definition) is 2. The number of aryl methyl sites for hydroxylation is 1. The number of carbonyl (C=O) groups is 1. The van der Waals surface area contributed by atoms with E-state index in [1.165, 1.54) is 0 Å². The van der Waals surface area contributed by atoms with Crippen LogP contribution in [0.2, 0.25) is 5.02 Å². The standard InChI is InChI=1S/C18H19ClN2O/c1-11-7-8-13-10-16(20)18(22)21(2)17(13)14(11)9-12-5-3-4-6-15(12)19/h3-8,16H,9-10,20H2,1-2H3/t16-/m1/s1. The molecule has 0 spiro atoms. The number of benzene rings is 2. The SMILES string of the molecule is Cc1ccc2c(c1Cc1ccccc1Cl)N(C)C(=O)[C@H](N)C2. The van der Waals surface area contributed by atoms with Crippen molar-refractivity contribution in [3.05, 3.63) is 63.7 Å². The molecule has 1 atom stereocenters. The number of nitrogens with zero attached hydrogens (tertiary/aromatic N) is 1. The maximum atomic E-state index is 12.2. The van der Waals surface area contributed by atoms with Crippen LogP contribution in [-0.2, 0) is 17.6 Å². The van der Waals surface area contributed by atoms with E-state index in [0.29, 0.717) is 12.8 Å². The van der Waals surface area contributed by atoms with Gasteiger partial charge >= 0.3 is 0 Å². The van der Waals surface area contributed by atoms with Crippen LogP contribution in [0.4, 0.5) is 5.69 Å². The van der Waals surface area contributed by atoms with Crippen molar-refractivity contribution in [2.75, 3.05) is 11.9 Å². The molecule has 22 heavy (non-hydrogen) atoms. The second-order valence-electron chi connectivity index (χ2n) is 5.84. The molecule has 3 nitrogen and oxygen atoms in total. The molecular weight excluding hydrogens is 296 g/mol. The van der Waals surface area contributed by atoms with Crippen LogP contribution in [0, 0.1) is 6.92 Å². The summed E-state index contributed by atoms with van der Waals surface area (Å²) in [6, 6.07) is 11.5. The van der Waals surface area contributed by atoms with Crippen molar-refractivity contribution in [2.24, 2.45) is 5.73 Å². The van der Waals surface area contributed by atoms with Gasteiger partial charge in [-0.2, -0.15) is 0 Å². The summed E-state index contributed by atoms with van der Waals surface area (Å²) < 4.78 is 0. The molecule has 1 amide bonds. The van der Waals surface area contributed by atoms with E-state index < -0.39 is 6.04 Å². The Morgan fingerprint density at radius 2 is 2.00 bits per heavy atom. The second-order valence-corrected chi connectivity index (χ2v) is 6.25. The zero-order valence-electron chi connectivity index (χ0n) is 12.8. The number of nitrogens with two attached hydrogens (primary N) is 1. The summed E-state index contributed by atoms with van der Waals surface area (Å²) in [4.78, 5) is 13.9. The Hall–Kier alpha value is -1.84. The number of rotatable bonds is 2. The van der Waals surface area contributed by atoms with Gasteiger partial charge in [0.1, 0.15) is 0 Å². The first kappa shape index (κ1) is 15.1. The van der Waals surface area contributed by atoms with Gasteiger partial charge in [0, 0.05) is 18.5 Å². The lowest BCUT2D eigenvalue weighted by Crippen LogP contribution is -2.47.